The zero-order valence-electron chi connectivity index (χ0n) is 12.1. The van der Waals surface area contributed by atoms with Crippen LogP contribution in [0.1, 0.15) is 31.7 Å². The third kappa shape index (κ3) is 5.64. The summed E-state index contributed by atoms with van der Waals surface area (Å²) in [7, 11) is 0. The molecule has 0 saturated carbocycles. The van der Waals surface area contributed by atoms with Crippen molar-refractivity contribution in [3.8, 4) is 0 Å². The molecule has 0 fully saturated rings. The Morgan fingerprint density at radius 1 is 1.00 bits per heavy atom. The van der Waals surface area contributed by atoms with Gasteiger partial charge in [0.15, 0.2) is 0 Å². The van der Waals surface area contributed by atoms with Gasteiger partial charge in [0.2, 0.25) is 0 Å². The zero-order chi connectivity index (χ0) is 13.5. The Balaban J connectivity index is 0.00000200. The fourth-order valence-electron chi connectivity index (χ4n) is 2.39. The average molecular weight is 315 g/mol. The van der Waals surface area contributed by atoms with Crippen molar-refractivity contribution in [1.29, 1.82) is 0 Å². The molecule has 0 aliphatic carbocycles. The van der Waals surface area contributed by atoms with Gasteiger partial charge in [-0.15, -0.1) is 12.4 Å². The normalized spacial score (nSPS) is 13.7. The van der Waals surface area contributed by atoms with Crippen molar-refractivity contribution in [2.75, 3.05) is 19.8 Å². The van der Waals surface area contributed by atoms with Crippen molar-refractivity contribution in [3.05, 3.63) is 47.3 Å². The minimum Gasteiger partial charge on any atom is -0.359 e. The molecule has 0 bridgehead atoms. The maximum Gasteiger partial charge on any atom is 0.0893 e. The molecule has 1 aliphatic rings. The van der Waals surface area contributed by atoms with Crippen LogP contribution in [0.4, 0.5) is 0 Å². The Morgan fingerprint density at radius 2 is 1.65 bits per heavy atom. The summed E-state index contributed by atoms with van der Waals surface area (Å²) >= 11 is 5.88. The van der Waals surface area contributed by atoms with Crippen LogP contribution in [0.15, 0.2) is 36.7 Å². The molecule has 2 rings (SSSR count). The number of benzene rings is 1. The van der Waals surface area contributed by atoms with Gasteiger partial charge in [-0.25, -0.2) is 0 Å². The molecule has 0 radical (unpaired) electrons. The van der Waals surface area contributed by atoms with Crippen LogP contribution in [0.25, 0.3) is 0 Å². The summed E-state index contributed by atoms with van der Waals surface area (Å²) in [6.45, 7) is 5.61. The quantitative estimate of drug-likeness (QED) is 0.682. The van der Waals surface area contributed by atoms with Crippen LogP contribution in [0, 0.1) is 0 Å². The molecular weight excluding hydrogens is 291 g/mol. The van der Waals surface area contributed by atoms with Crippen LogP contribution < -0.4 is 0 Å². The lowest BCUT2D eigenvalue weighted by atomic mass is 10.1. The summed E-state index contributed by atoms with van der Waals surface area (Å²) in [5.41, 5.74) is 1.38. The summed E-state index contributed by atoms with van der Waals surface area (Å²) in [5.74, 6) is 0. The van der Waals surface area contributed by atoms with E-state index >= 15 is 0 Å². The van der Waals surface area contributed by atoms with Gasteiger partial charge in [0.05, 0.1) is 6.67 Å². The standard InChI is InChI=1S/C16H23ClN2.ClH/c1-2-10-18-12-13-19(14-18)11-4-3-5-15-6-8-16(17)9-7-15;/h6-9,12-13H,2-5,10-11,14H2,1H3;1H. The molecule has 0 atom stereocenters. The van der Waals surface area contributed by atoms with Gasteiger partial charge in [0, 0.05) is 30.5 Å². The maximum atomic E-state index is 5.88. The molecular formula is C16H24Cl2N2. The first kappa shape index (κ1) is 17.2. The van der Waals surface area contributed by atoms with Crippen LogP contribution in [-0.4, -0.2) is 29.6 Å². The lowest BCUT2D eigenvalue weighted by Gasteiger charge is -2.20. The first-order valence-electron chi connectivity index (χ1n) is 7.19. The number of aryl methyl sites for hydroxylation is 1. The number of hydrogen-bond acceptors (Lipinski definition) is 2. The molecule has 4 heteroatoms. The second-order valence-corrected chi connectivity index (χ2v) is 5.58. The van der Waals surface area contributed by atoms with Crippen molar-refractivity contribution in [2.45, 2.75) is 32.6 Å². The van der Waals surface area contributed by atoms with E-state index in [0.29, 0.717) is 0 Å². The molecule has 0 N–H and O–H groups in total. The van der Waals surface area contributed by atoms with E-state index in [2.05, 4.69) is 41.3 Å². The topological polar surface area (TPSA) is 6.48 Å². The Labute approximate surface area is 133 Å². The van der Waals surface area contributed by atoms with E-state index in [1.807, 2.05) is 12.1 Å². The Bertz CT molecular complexity index is 403. The third-order valence-corrected chi connectivity index (χ3v) is 3.69. The summed E-state index contributed by atoms with van der Waals surface area (Å²) < 4.78 is 0. The van der Waals surface area contributed by atoms with Gasteiger partial charge in [0.25, 0.3) is 0 Å². The highest BCUT2D eigenvalue weighted by molar-refractivity contribution is 6.30. The average Bonchev–Trinajstić information content (AvgIpc) is 2.85. The van der Waals surface area contributed by atoms with Gasteiger partial charge < -0.3 is 9.80 Å². The van der Waals surface area contributed by atoms with Crippen molar-refractivity contribution >= 4 is 24.0 Å². The van der Waals surface area contributed by atoms with Gasteiger partial charge in [-0.2, -0.15) is 0 Å². The van der Waals surface area contributed by atoms with Gasteiger partial charge in [-0.1, -0.05) is 30.7 Å². The molecule has 112 valence electrons. The number of hydrogen-bond donors (Lipinski definition) is 0. The lowest BCUT2D eigenvalue weighted by Crippen LogP contribution is -2.26. The third-order valence-electron chi connectivity index (χ3n) is 3.44. The first-order chi connectivity index (χ1) is 9.28. The summed E-state index contributed by atoms with van der Waals surface area (Å²) in [6.07, 6.45) is 9.27. The largest absolute Gasteiger partial charge is 0.359 e. The molecule has 0 spiro atoms. The zero-order valence-corrected chi connectivity index (χ0v) is 13.7. The van der Waals surface area contributed by atoms with E-state index in [1.54, 1.807) is 0 Å². The van der Waals surface area contributed by atoms with Crippen LogP contribution in [0.3, 0.4) is 0 Å². The minimum absolute atomic E-state index is 0. The van der Waals surface area contributed by atoms with E-state index in [-0.39, 0.29) is 12.4 Å². The van der Waals surface area contributed by atoms with Gasteiger partial charge in [-0.05, 0) is 43.4 Å². The van der Waals surface area contributed by atoms with E-state index in [9.17, 15) is 0 Å². The highest BCUT2D eigenvalue weighted by Crippen LogP contribution is 2.13. The Hall–Kier alpha value is -0.860. The molecule has 2 nitrogen and oxygen atoms in total. The molecule has 0 amide bonds. The van der Waals surface area contributed by atoms with Crippen LogP contribution in [0.2, 0.25) is 5.02 Å². The molecule has 1 heterocycles. The minimum atomic E-state index is 0. The summed E-state index contributed by atoms with van der Waals surface area (Å²) in [4.78, 5) is 4.77. The predicted molar refractivity (Wildman–Crippen MR) is 89.3 cm³/mol. The van der Waals surface area contributed by atoms with E-state index in [1.165, 1.54) is 24.8 Å². The van der Waals surface area contributed by atoms with E-state index < -0.39 is 0 Å². The van der Waals surface area contributed by atoms with Crippen molar-refractivity contribution in [2.24, 2.45) is 0 Å². The van der Waals surface area contributed by atoms with Crippen LogP contribution in [-0.2, 0) is 6.42 Å². The summed E-state index contributed by atoms with van der Waals surface area (Å²) in [6, 6.07) is 8.20. The highest BCUT2D eigenvalue weighted by Gasteiger charge is 2.10. The number of rotatable bonds is 7. The maximum absolute atomic E-state index is 5.88. The summed E-state index contributed by atoms with van der Waals surface area (Å²) in [5, 5.41) is 0.821. The number of unbranched alkanes of at least 4 members (excludes halogenated alkanes) is 1. The van der Waals surface area contributed by atoms with Gasteiger partial charge in [-0.3, -0.25) is 0 Å². The Kier molecular flexibility index (Phi) is 7.86. The monoisotopic (exact) mass is 314 g/mol. The Morgan fingerprint density at radius 3 is 2.30 bits per heavy atom. The highest BCUT2D eigenvalue weighted by atomic mass is 35.5. The molecule has 0 saturated heterocycles. The van der Waals surface area contributed by atoms with Crippen LogP contribution >= 0.6 is 24.0 Å². The fourth-order valence-corrected chi connectivity index (χ4v) is 2.51. The van der Waals surface area contributed by atoms with Crippen molar-refractivity contribution < 1.29 is 0 Å². The molecule has 1 aliphatic heterocycles. The van der Waals surface area contributed by atoms with E-state index in [0.717, 1.165) is 31.2 Å². The van der Waals surface area contributed by atoms with Crippen molar-refractivity contribution in [3.63, 3.8) is 0 Å². The SMILES string of the molecule is CCCN1C=CN(CCCCc2ccc(Cl)cc2)C1.Cl. The smallest absolute Gasteiger partial charge is 0.0893 e. The van der Waals surface area contributed by atoms with Crippen molar-refractivity contribution in [1.82, 2.24) is 9.80 Å². The number of nitrogens with zero attached hydrogens (tertiary/aromatic N) is 2. The number of halogens is 2. The second-order valence-electron chi connectivity index (χ2n) is 5.15. The molecule has 0 aromatic heterocycles. The fraction of sp³-hybridized carbons (Fsp3) is 0.500. The lowest BCUT2D eigenvalue weighted by molar-refractivity contribution is 0.262. The van der Waals surface area contributed by atoms with E-state index in [4.69, 9.17) is 11.6 Å². The molecule has 1 aromatic carbocycles. The van der Waals surface area contributed by atoms with Crippen LogP contribution in [0.5, 0.6) is 0 Å². The molecule has 1 aromatic rings. The molecule has 20 heavy (non-hydrogen) atoms. The van der Waals surface area contributed by atoms with Gasteiger partial charge >= 0.3 is 0 Å². The first-order valence-corrected chi connectivity index (χ1v) is 7.56. The second kappa shape index (κ2) is 9.15. The van der Waals surface area contributed by atoms with Gasteiger partial charge in [0.1, 0.15) is 0 Å². The predicted octanol–water partition coefficient (Wildman–Crippen LogP) is 4.54. The molecule has 0 unspecified atom stereocenters.